The molecular weight excluding hydrogens is 304 g/mol. The highest BCUT2D eigenvalue weighted by Crippen LogP contribution is 2.17. The Morgan fingerprint density at radius 1 is 1.43 bits per heavy atom. The molecule has 0 aliphatic rings. The summed E-state index contributed by atoms with van der Waals surface area (Å²) in [5.41, 5.74) is 2.94. The number of ether oxygens (including phenoxy) is 1. The lowest BCUT2D eigenvalue weighted by molar-refractivity contribution is 0.0374. The number of aromatic nitrogens is 1. The van der Waals surface area contributed by atoms with Crippen molar-refractivity contribution < 1.29 is 9.84 Å². The van der Waals surface area contributed by atoms with Gasteiger partial charge in [0.25, 0.3) is 0 Å². The molecule has 2 aromatic heterocycles. The summed E-state index contributed by atoms with van der Waals surface area (Å²) >= 11 is 3.38. The van der Waals surface area contributed by atoms with Gasteiger partial charge in [0.05, 0.1) is 30.5 Å². The molecule has 1 unspecified atom stereocenters. The Morgan fingerprint density at radius 3 is 2.95 bits per heavy atom. The van der Waals surface area contributed by atoms with E-state index in [9.17, 15) is 5.11 Å². The standard InChI is InChI=1S/C15H22N2O2S2/c1-11(14-4-3-7-20-14)16-8-13(18)9-19-6-5-15-12(2)17-10-21-15/h3-4,7,10-11,13,16,18H,5-6,8-9H2,1-2H3/t11-,13?/m0/s1. The van der Waals surface area contributed by atoms with Gasteiger partial charge in [0.15, 0.2) is 0 Å². The van der Waals surface area contributed by atoms with E-state index in [-0.39, 0.29) is 6.04 Å². The van der Waals surface area contributed by atoms with Crippen LogP contribution in [-0.2, 0) is 11.2 Å². The third-order valence-electron chi connectivity index (χ3n) is 3.26. The van der Waals surface area contributed by atoms with Gasteiger partial charge in [-0.25, -0.2) is 4.98 Å². The van der Waals surface area contributed by atoms with Crippen LogP contribution in [-0.4, -0.2) is 36.0 Å². The molecule has 2 N–H and O–H groups in total. The second kappa shape index (κ2) is 8.60. The quantitative estimate of drug-likeness (QED) is 0.696. The lowest BCUT2D eigenvalue weighted by Gasteiger charge is -2.16. The zero-order valence-corrected chi connectivity index (χ0v) is 14.0. The first kappa shape index (κ1) is 16.6. The Morgan fingerprint density at radius 2 is 2.29 bits per heavy atom. The average Bonchev–Trinajstić information content (AvgIpc) is 3.13. The van der Waals surface area contributed by atoms with Gasteiger partial charge in [0, 0.05) is 28.8 Å². The van der Waals surface area contributed by atoms with E-state index in [0.717, 1.165) is 12.1 Å². The maximum Gasteiger partial charge on any atom is 0.0897 e. The van der Waals surface area contributed by atoms with E-state index in [4.69, 9.17) is 4.74 Å². The molecular formula is C15H22N2O2S2. The van der Waals surface area contributed by atoms with Gasteiger partial charge >= 0.3 is 0 Å². The summed E-state index contributed by atoms with van der Waals surface area (Å²) in [5.74, 6) is 0. The van der Waals surface area contributed by atoms with Crippen molar-refractivity contribution in [3.63, 3.8) is 0 Å². The number of aryl methyl sites for hydroxylation is 1. The number of hydrogen-bond acceptors (Lipinski definition) is 6. The molecule has 4 nitrogen and oxygen atoms in total. The number of thiazole rings is 1. The van der Waals surface area contributed by atoms with Gasteiger partial charge < -0.3 is 15.2 Å². The summed E-state index contributed by atoms with van der Waals surface area (Å²) in [6, 6.07) is 4.40. The molecule has 0 aromatic carbocycles. The van der Waals surface area contributed by atoms with Crippen molar-refractivity contribution in [2.24, 2.45) is 0 Å². The normalized spacial score (nSPS) is 14.2. The molecule has 6 heteroatoms. The topological polar surface area (TPSA) is 54.4 Å². The highest BCUT2D eigenvalue weighted by atomic mass is 32.1. The minimum absolute atomic E-state index is 0.263. The Bertz CT molecular complexity index is 513. The van der Waals surface area contributed by atoms with Crippen molar-refractivity contribution in [1.29, 1.82) is 0 Å². The highest BCUT2D eigenvalue weighted by Gasteiger charge is 2.10. The van der Waals surface area contributed by atoms with Crippen molar-refractivity contribution in [3.05, 3.63) is 38.5 Å². The van der Waals surface area contributed by atoms with E-state index < -0.39 is 6.10 Å². The van der Waals surface area contributed by atoms with Crippen molar-refractivity contribution in [3.8, 4) is 0 Å². The van der Waals surface area contributed by atoms with Gasteiger partial charge in [0.1, 0.15) is 0 Å². The van der Waals surface area contributed by atoms with Crippen LogP contribution in [0.25, 0.3) is 0 Å². The lowest BCUT2D eigenvalue weighted by atomic mass is 10.2. The van der Waals surface area contributed by atoms with Gasteiger partial charge in [0.2, 0.25) is 0 Å². The third-order valence-corrected chi connectivity index (χ3v) is 5.31. The molecule has 0 radical (unpaired) electrons. The van der Waals surface area contributed by atoms with E-state index >= 15 is 0 Å². The molecule has 0 aliphatic carbocycles. The SMILES string of the molecule is Cc1ncsc1CCOCC(O)CN[C@@H](C)c1cccs1. The molecule has 0 spiro atoms. The number of nitrogens with zero attached hydrogens (tertiary/aromatic N) is 1. The first-order valence-electron chi connectivity index (χ1n) is 7.08. The summed E-state index contributed by atoms with van der Waals surface area (Å²) in [7, 11) is 0. The van der Waals surface area contributed by atoms with Gasteiger partial charge in [-0.2, -0.15) is 0 Å². The molecule has 0 saturated carbocycles. The number of aliphatic hydroxyl groups is 1. The van der Waals surface area contributed by atoms with Crippen LogP contribution in [0, 0.1) is 6.92 Å². The second-order valence-corrected chi connectivity index (χ2v) is 6.90. The Labute approximate surface area is 133 Å². The smallest absolute Gasteiger partial charge is 0.0897 e. The maximum atomic E-state index is 9.91. The minimum Gasteiger partial charge on any atom is -0.389 e. The number of thiophene rings is 1. The van der Waals surface area contributed by atoms with Crippen molar-refractivity contribution in [1.82, 2.24) is 10.3 Å². The molecule has 0 aliphatic heterocycles. The van der Waals surface area contributed by atoms with E-state index in [1.807, 2.05) is 18.5 Å². The molecule has 2 rings (SSSR count). The van der Waals surface area contributed by atoms with Crippen LogP contribution in [0.4, 0.5) is 0 Å². The number of hydrogen-bond donors (Lipinski definition) is 2. The summed E-state index contributed by atoms with van der Waals surface area (Å²) in [5, 5.41) is 15.3. The monoisotopic (exact) mass is 326 g/mol. The van der Waals surface area contributed by atoms with Gasteiger partial charge in [-0.3, -0.25) is 0 Å². The zero-order valence-electron chi connectivity index (χ0n) is 12.4. The molecule has 21 heavy (non-hydrogen) atoms. The predicted octanol–water partition coefficient (Wildman–Crippen LogP) is 2.78. The Kier molecular flexibility index (Phi) is 6.79. The van der Waals surface area contributed by atoms with Gasteiger partial charge in [-0.05, 0) is 25.3 Å². The van der Waals surface area contributed by atoms with E-state index in [0.29, 0.717) is 19.8 Å². The summed E-state index contributed by atoms with van der Waals surface area (Å²) < 4.78 is 5.54. The fourth-order valence-corrected chi connectivity index (χ4v) is 3.48. The molecule has 2 atom stereocenters. The molecule has 2 heterocycles. The minimum atomic E-state index is -0.477. The van der Waals surface area contributed by atoms with Crippen molar-refractivity contribution in [2.75, 3.05) is 19.8 Å². The van der Waals surface area contributed by atoms with Gasteiger partial charge in [-0.15, -0.1) is 22.7 Å². The van der Waals surface area contributed by atoms with Crippen molar-refractivity contribution >= 4 is 22.7 Å². The molecule has 2 aromatic rings. The van der Waals surface area contributed by atoms with E-state index in [2.05, 4.69) is 28.7 Å². The van der Waals surface area contributed by atoms with Crippen LogP contribution in [0.1, 0.15) is 28.4 Å². The second-order valence-electron chi connectivity index (χ2n) is 4.99. The van der Waals surface area contributed by atoms with Crippen LogP contribution >= 0.6 is 22.7 Å². The van der Waals surface area contributed by atoms with Crippen LogP contribution in [0.3, 0.4) is 0 Å². The fraction of sp³-hybridized carbons (Fsp3) is 0.533. The molecule has 0 fully saturated rings. The van der Waals surface area contributed by atoms with Crippen LogP contribution in [0.2, 0.25) is 0 Å². The Hall–Kier alpha value is -0.790. The number of nitrogens with one attached hydrogen (secondary N) is 1. The highest BCUT2D eigenvalue weighted by molar-refractivity contribution is 7.10. The Balaban J connectivity index is 1.57. The maximum absolute atomic E-state index is 9.91. The predicted molar refractivity (Wildman–Crippen MR) is 88.1 cm³/mol. The summed E-state index contributed by atoms with van der Waals surface area (Å²) in [4.78, 5) is 6.75. The number of aliphatic hydroxyl groups excluding tert-OH is 1. The van der Waals surface area contributed by atoms with E-state index in [1.165, 1.54) is 9.75 Å². The largest absolute Gasteiger partial charge is 0.389 e. The van der Waals surface area contributed by atoms with Gasteiger partial charge in [-0.1, -0.05) is 6.07 Å². The molecule has 0 bridgehead atoms. The third kappa shape index (κ3) is 5.48. The lowest BCUT2D eigenvalue weighted by Crippen LogP contribution is -2.32. The number of rotatable bonds is 9. The fourth-order valence-electron chi connectivity index (χ4n) is 1.96. The van der Waals surface area contributed by atoms with Crippen LogP contribution in [0.5, 0.6) is 0 Å². The molecule has 116 valence electrons. The first-order valence-corrected chi connectivity index (χ1v) is 8.84. The summed E-state index contributed by atoms with van der Waals surface area (Å²) in [6.07, 6.45) is 0.386. The molecule has 0 saturated heterocycles. The molecule has 0 amide bonds. The summed E-state index contributed by atoms with van der Waals surface area (Å²) in [6.45, 7) is 5.64. The van der Waals surface area contributed by atoms with Crippen LogP contribution in [0.15, 0.2) is 23.0 Å². The first-order chi connectivity index (χ1) is 10.2. The zero-order chi connectivity index (χ0) is 15.1. The average molecular weight is 326 g/mol. The van der Waals surface area contributed by atoms with E-state index in [1.54, 1.807) is 22.7 Å². The van der Waals surface area contributed by atoms with Crippen LogP contribution < -0.4 is 5.32 Å². The van der Waals surface area contributed by atoms with Crippen molar-refractivity contribution in [2.45, 2.75) is 32.4 Å².